The molecule has 3 heteroatoms. The van der Waals surface area contributed by atoms with E-state index in [0.29, 0.717) is 5.92 Å². The smallest absolute Gasteiger partial charge is 0.258 e. The van der Waals surface area contributed by atoms with Gasteiger partial charge in [0, 0.05) is 12.1 Å². The molecule has 3 nitrogen and oxygen atoms in total. The lowest BCUT2D eigenvalue weighted by Crippen LogP contribution is -1.87. The average Bonchev–Trinajstić information content (AvgIpc) is 2.87. The minimum Gasteiger partial charge on any atom is -0.258 e. The van der Waals surface area contributed by atoms with E-state index in [0.717, 1.165) is 11.1 Å². The summed E-state index contributed by atoms with van der Waals surface area (Å²) in [5, 5.41) is 10.8. The van der Waals surface area contributed by atoms with E-state index < -0.39 is 0 Å². The van der Waals surface area contributed by atoms with Crippen molar-refractivity contribution in [3.05, 3.63) is 76.3 Å². The summed E-state index contributed by atoms with van der Waals surface area (Å²) in [7, 11) is 0. The van der Waals surface area contributed by atoms with Gasteiger partial charge in [-0.2, -0.15) is 0 Å². The van der Waals surface area contributed by atoms with Crippen molar-refractivity contribution in [1.29, 1.82) is 0 Å². The van der Waals surface area contributed by atoms with Crippen LogP contribution in [0.1, 0.15) is 25.3 Å². The maximum absolute atomic E-state index is 10.8. The van der Waals surface area contributed by atoms with Gasteiger partial charge < -0.3 is 0 Å². The Labute approximate surface area is 129 Å². The maximum Gasteiger partial charge on any atom is 0.269 e. The van der Waals surface area contributed by atoms with E-state index in [1.807, 2.05) is 18.2 Å². The summed E-state index contributed by atoms with van der Waals surface area (Å²) < 4.78 is 0. The summed E-state index contributed by atoms with van der Waals surface area (Å²) in [5.74, 6) is 0.454. The first-order chi connectivity index (χ1) is 10.6. The Kier molecular flexibility index (Phi) is 3.63. The predicted octanol–water partition coefficient (Wildman–Crippen LogP) is 5.49. The van der Waals surface area contributed by atoms with E-state index in [1.54, 1.807) is 12.1 Å². The van der Waals surface area contributed by atoms with E-state index in [-0.39, 0.29) is 10.6 Å². The molecule has 0 bridgehead atoms. The number of rotatable bonds is 3. The molecule has 0 heterocycles. The molecule has 0 unspecified atom stereocenters. The van der Waals surface area contributed by atoms with Crippen molar-refractivity contribution in [2.45, 2.75) is 19.8 Å². The van der Waals surface area contributed by atoms with Crippen LogP contribution < -0.4 is 0 Å². The third-order valence-electron chi connectivity index (χ3n) is 3.96. The number of benzene rings is 1. The zero-order chi connectivity index (χ0) is 15.7. The van der Waals surface area contributed by atoms with E-state index in [9.17, 15) is 10.1 Å². The molecule has 22 heavy (non-hydrogen) atoms. The Hall–Kier alpha value is -2.68. The minimum atomic E-state index is -0.371. The lowest BCUT2D eigenvalue weighted by atomic mass is 10.00. The number of nitrogens with zero attached hydrogens (tertiary/aromatic N) is 1. The molecule has 0 aliphatic heterocycles. The Balaban J connectivity index is 2.15. The van der Waals surface area contributed by atoms with Crippen LogP contribution in [0.5, 0.6) is 0 Å². The van der Waals surface area contributed by atoms with E-state index in [1.165, 1.54) is 16.7 Å². The third-order valence-corrected chi connectivity index (χ3v) is 3.96. The number of fused-ring (bicyclic) bond motifs is 1. The molecule has 1 aromatic carbocycles. The molecule has 1 aromatic rings. The molecule has 3 rings (SSSR count). The topological polar surface area (TPSA) is 43.1 Å². The van der Waals surface area contributed by atoms with E-state index in [4.69, 9.17) is 0 Å². The lowest BCUT2D eigenvalue weighted by Gasteiger charge is -2.04. The normalized spacial score (nSPS) is 11.0. The zero-order valence-corrected chi connectivity index (χ0v) is 12.6. The predicted molar refractivity (Wildman–Crippen MR) is 89.2 cm³/mol. The van der Waals surface area contributed by atoms with Gasteiger partial charge in [-0.25, -0.2) is 0 Å². The first-order valence-corrected chi connectivity index (χ1v) is 7.34. The number of non-ortho nitro benzene ring substituents is 1. The summed E-state index contributed by atoms with van der Waals surface area (Å²) in [5.41, 5.74) is 5.85. The molecule has 0 saturated heterocycles. The van der Waals surface area contributed by atoms with Gasteiger partial charge in [0.15, 0.2) is 0 Å². The molecule has 0 spiro atoms. The van der Waals surface area contributed by atoms with Gasteiger partial charge in [-0.3, -0.25) is 10.1 Å². The average molecular weight is 291 g/mol. The van der Waals surface area contributed by atoms with Crippen LogP contribution in [-0.4, -0.2) is 4.92 Å². The summed E-state index contributed by atoms with van der Waals surface area (Å²) in [6, 6.07) is 19.5. The largest absolute Gasteiger partial charge is 0.269 e. The van der Waals surface area contributed by atoms with Crippen molar-refractivity contribution >= 4 is 5.69 Å². The monoisotopic (exact) mass is 291 g/mol. The molecule has 0 saturated carbocycles. The quantitative estimate of drug-likeness (QED) is 0.473. The zero-order valence-electron chi connectivity index (χ0n) is 12.6. The van der Waals surface area contributed by atoms with Crippen molar-refractivity contribution in [3.8, 4) is 22.3 Å². The van der Waals surface area contributed by atoms with Crippen LogP contribution in [0.3, 0.4) is 0 Å². The van der Waals surface area contributed by atoms with Gasteiger partial charge in [-0.05, 0) is 45.9 Å². The van der Waals surface area contributed by atoms with Gasteiger partial charge in [-0.15, -0.1) is 0 Å². The Bertz CT molecular complexity index is 791. The van der Waals surface area contributed by atoms with Gasteiger partial charge in [0.2, 0.25) is 0 Å². The maximum atomic E-state index is 10.8. The number of nitro benzene ring substituents is 1. The van der Waals surface area contributed by atoms with Crippen molar-refractivity contribution < 1.29 is 4.92 Å². The van der Waals surface area contributed by atoms with Crippen LogP contribution in [0.25, 0.3) is 22.3 Å². The Morgan fingerprint density at radius 3 is 2.18 bits per heavy atom. The second-order valence-corrected chi connectivity index (χ2v) is 5.74. The molecule has 0 fully saturated rings. The number of nitro groups is 1. The van der Waals surface area contributed by atoms with Crippen molar-refractivity contribution in [2.24, 2.45) is 0 Å². The Morgan fingerprint density at radius 2 is 1.55 bits per heavy atom. The molecule has 0 aromatic heterocycles. The first kappa shape index (κ1) is 14.3. The highest BCUT2D eigenvalue weighted by atomic mass is 16.6. The summed E-state index contributed by atoms with van der Waals surface area (Å²) in [4.78, 5) is 10.4. The minimum absolute atomic E-state index is 0.116. The fourth-order valence-corrected chi connectivity index (χ4v) is 2.68. The van der Waals surface area contributed by atoms with Crippen LogP contribution >= 0.6 is 0 Å². The molecule has 0 amide bonds. The number of hydrogen-bond donors (Lipinski definition) is 0. The highest BCUT2D eigenvalue weighted by Crippen LogP contribution is 2.35. The SMILES string of the molecule is CC(C)c1ccc(-c2ccc([N+](=O)[O-])cc2)c2cccc-2c1. The molecule has 2 aliphatic carbocycles. The van der Waals surface area contributed by atoms with Crippen LogP contribution in [0.4, 0.5) is 5.69 Å². The van der Waals surface area contributed by atoms with Gasteiger partial charge in [-0.1, -0.05) is 50.2 Å². The van der Waals surface area contributed by atoms with Crippen molar-refractivity contribution in [2.75, 3.05) is 0 Å². The fourth-order valence-electron chi connectivity index (χ4n) is 2.68. The molecule has 0 N–H and O–H groups in total. The van der Waals surface area contributed by atoms with E-state index >= 15 is 0 Å². The second kappa shape index (κ2) is 5.60. The van der Waals surface area contributed by atoms with Crippen molar-refractivity contribution in [1.82, 2.24) is 0 Å². The molecular weight excluding hydrogens is 274 g/mol. The van der Waals surface area contributed by atoms with Gasteiger partial charge in [0.05, 0.1) is 4.92 Å². The highest BCUT2D eigenvalue weighted by molar-refractivity contribution is 5.85. The third kappa shape index (κ3) is 2.58. The summed E-state index contributed by atoms with van der Waals surface area (Å²) >= 11 is 0. The standard InChI is InChI=1S/C19H17NO2/c1-13(2)15-8-11-19(18-5-3-4-16(18)12-15)14-6-9-17(10-7-14)20(21)22/h3-13H,1-2H3. The molecule has 0 radical (unpaired) electrons. The van der Waals surface area contributed by atoms with Gasteiger partial charge in [0.1, 0.15) is 0 Å². The van der Waals surface area contributed by atoms with Gasteiger partial charge in [0.25, 0.3) is 5.69 Å². The van der Waals surface area contributed by atoms with Crippen LogP contribution in [0.2, 0.25) is 0 Å². The fraction of sp³-hybridized carbons (Fsp3) is 0.158. The van der Waals surface area contributed by atoms with Crippen LogP contribution in [0.15, 0.2) is 60.7 Å². The number of hydrogen-bond acceptors (Lipinski definition) is 2. The molecular formula is C19H17NO2. The molecule has 0 atom stereocenters. The highest BCUT2D eigenvalue weighted by Gasteiger charge is 2.12. The Morgan fingerprint density at radius 1 is 0.864 bits per heavy atom. The summed E-state index contributed by atoms with van der Waals surface area (Å²) in [6.45, 7) is 4.35. The summed E-state index contributed by atoms with van der Waals surface area (Å²) in [6.07, 6.45) is 0. The molecule has 2 aliphatic rings. The molecule has 110 valence electrons. The van der Waals surface area contributed by atoms with Crippen LogP contribution in [0, 0.1) is 10.1 Å². The van der Waals surface area contributed by atoms with Crippen molar-refractivity contribution in [3.63, 3.8) is 0 Å². The second-order valence-electron chi connectivity index (χ2n) is 5.74. The lowest BCUT2D eigenvalue weighted by molar-refractivity contribution is -0.384. The van der Waals surface area contributed by atoms with E-state index in [2.05, 4.69) is 44.2 Å². The van der Waals surface area contributed by atoms with Gasteiger partial charge >= 0.3 is 0 Å². The van der Waals surface area contributed by atoms with Crippen LogP contribution in [-0.2, 0) is 0 Å². The first-order valence-electron chi connectivity index (χ1n) is 7.34.